The lowest BCUT2D eigenvalue weighted by Gasteiger charge is -1.82. The minimum Gasteiger partial charge on any atom is -0.445 e. The fourth-order valence-corrected chi connectivity index (χ4v) is 0.553. The highest BCUT2D eigenvalue weighted by Gasteiger charge is 1.87. The van der Waals surface area contributed by atoms with Gasteiger partial charge in [-0.2, -0.15) is 0 Å². The second-order valence-electron chi connectivity index (χ2n) is 2.09. The Morgan fingerprint density at radius 2 is 2.44 bits per heavy atom. The van der Waals surface area contributed by atoms with Gasteiger partial charge in [-0.1, -0.05) is 5.57 Å². The molecule has 0 N–H and O–H groups in total. The van der Waals surface area contributed by atoms with E-state index < -0.39 is 0 Å². The molecule has 2 nitrogen and oxygen atoms in total. The van der Waals surface area contributed by atoms with E-state index in [1.807, 2.05) is 19.9 Å². The van der Waals surface area contributed by atoms with E-state index in [2.05, 4.69) is 4.98 Å². The van der Waals surface area contributed by atoms with Gasteiger partial charge in [0, 0.05) is 0 Å². The SMILES string of the molecule is CC(C)=Cc1ncco1. The van der Waals surface area contributed by atoms with Gasteiger partial charge in [-0.15, -0.1) is 0 Å². The van der Waals surface area contributed by atoms with Gasteiger partial charge < -0.3 is 4.42 Å². The molecule has 48 valence electrons. The Balaban J connectivity index is 2.80. The molecule has 0 radical (unpaired) electrons. The summed E-state index contributed by atoms with van der Waals surface area (Å²) < 4.78 is 4.96. The quantitative estimate of drug-likeness (QED) is 0.571. The molecule has 0 fully saturated rings. The van der Waals surface area contributed by atoms with Crippen LogP contribution >= 0.6 is 0 Å². The molecule has 1 rings (SSSR count). The first-order valence-electron chi connectivity index (χ1n) is 2.83. The lowest BCUT2D eigenvalue weighted by atomic mass is 10.3. The average molecular weight is 123 g/mol. The molecule has 0 saturated heterocycles. The van der Waals surface area contributed by atoms with Crippen LogP contribution in [0.1, 0.15) is 19.7 Å². The van der Waals surface area contributed by atoms with Gasteiger partial charge in [-0.25, -0.2) is 4.98 Å². The molecule has 0 aliphatic carbocycles. The van der Waals surface area contributed by atoms with Crippen molar-refractivity contribution in [3.63, 3.8) is 0 Å². The van der Waals surface area contributed by atoms with Gasteiger partial charge in [0.25, 0.3) is 0 Å². The smallest absolute Gasteiger partial charge is 0.218 e. The molecule has 0 aromatic carbocycles. The van der Waals surface area contributed by atoms with E-state index >= 15 is 0 Å². The van der Waals surface area contributed by atoms with E-state index in [0.717, 1.165) is 0 Å². The van der Waals surface area contributed by atoms with Gasteiger partial charge in [-0.05, 0) is 19.9 Å². The first-order chi connectivity index (χ1) is 4.29. The maximum Gasteiger partial charge on any atom is 0.218 e. The Kier molecular flexibility index (Phi) is 1.68. The number of oxazole rings is 1. The van der Waals surface area contributed by atoms with Crippen molar-refractivity contribution in [2.45, 2.75) is 13.8 Å². The zero-order valence-corrected chi connectivity index (χ0v) is 5.59. The lowest BCUT2D eigenvalue weighted by molar-refractivity contribution is 0.546. The Morgan fingerprint density at radius 3 is 2.89 bits per heavy atom. The minimum atomic E-state index is 0.676. The summed E-state index contributed by atoms with van der Waals surface area (Å²) in [5.41, 5.74) is 1.19. The molecule has 9 heavy (non-hydrogen) atoms. The molecule has 0 saturated carbocycles. The second-order valence-corrected chi connectivity index (χ2v) is 2.09. The number of allylic oxidation sites excluding steroid dienone is 1. The van der Waals surface area contributed by atoms with E-state index in [9.17, 15) is 0 Å². The molecule has 0 aliphatic rings. The Labute approximate surface area is 54.2 Å². The zero-order valence-electron chi connectivity index (χ0n) is 5.59. The van der Waals surface area contributed by atoms with Gasteiger partial charge in [0.05, 0.1) is 6.20 Å². The van der Waals surface area contributed by atoms with E-state index in [0.29, 0.717) is 5.89 Å². The number of rotatable bonds is 1. The number of hydrogen-bond acceptors (Lipinski definition) is 2. The molecule has 0 atom stereocenters. The maximum absolute atomic E-state index is 4.96. The third kappa shape index (κ3) is 1.72. The lowest BCUT2D eigenvalue weighted by Crippen LogP contribution is -1.68. The Hall–Kier alpha value is -1.05. The van der Waals surface area contributed by atoms with Crippen LogP contribution in [0, 0.1) is 0 Å². The summed E-state index contributed by atoms with van der Waals surface area (Å²) in [6, 6.07) is 0. The number of hydrogen-bond donors (Lipinski definition) is 0. The topological polar surface area (TPSA) is 26.0 Å². The summed E-state index contributed by atoms with van der Waals surface area (Å²) in [6.45, 7) is 4.01. The normalized spacial score (nSPS) is 9.11. The first kappa shape index (κ1) is 6.08. The zero-order chi connectivity index (χ0) is 6.69. The van der Waals surface area contributed by atoms with Crippen molar-refractivity contribution >= 4 is 6.08 Å². The summed E-state index contributed by atoms with van der Waals surface area (Å²) in [6.07, 6.45) is 5.09. The molecule has 0 unspecified atom stereocenters. The highest BCUT2D eigenvalue weighted by molar-refractivity contribution is 5.41. The van der Waals surface area contributed by atoms with Crippen molar-refractivity contribution in [3.05, 3.63) is 23.9 Å². The van der Waals surface area contributed by atoms with Crippen LogP contribution in [-0.2, 0) is 0 Å². The molecular formula is C7H9NO. The maximum atomic E-state index is 4.96. The van der Waals surface area contributed by atoms with Gasteiger partial charge in [0.2, 0.25) is 5.89 Å². The van der Waals surface area contributed by atoms with Crippen molar-refractivity contribution in [1.29, 1.82) is 0 Å². The molecule has 1 aromatic heterocycles. The third-order valence-electron chi connectivity index (χ3n) is 0.864. The van der Waals surface area contributed by atoms with E-state index in [1.54, 1.807) is 12.5 Å². The Bertz CT molecular complexity index is 195. The van der Waals surface area contributed by atoms with E-state index in [1.165, 1.54) is 5.57 Å². The predicted octanol–water partition coefficient (Wildman–Crippen LogP) is 2.10. The van der Waals surface area contributed by atoms with Crippen LogP contribution in [0.15, 0.2) is 22.5 Å². The highest BCUT2D eigenvalue weighted by atomic mass is 16.3. The van der Waals surface area contributed by atoms with Gasteiger partial charge in [-0.3, -0.25) is 0 Å². The molecule has 0 aliphatic heterocycles. The van der Waals surface area contributed by atoms with Crippen molar-refractivity contribution in [2.75, 3.05) is 0 Å². The minimum absolute atomic E-state index is 0.676. The predicted molar refractivity (Wildman–Crippen MR) is 35.8 cm³/mol. The summed E-state index contributed by atoms with van der Waals surface area (Å²) in [5, 5.41) is 0. The van der Waals surface area contributed by atoms with Gasteiger partial charge in [0.1, 0.15) is 6.26 Å². The van der Waals surface area contributed by atoms with E-state index in [4.69, 9.17) is 4.42 Å². The highest BCUT2D eigenvalue weighted by Crippen LogP contribution is 2.01. The molecule has 0 spiro atoms. The van der Waals surface area contributed by atoms with Crippen LogP contribution in [0.25, 0.3) is 6.08 Å². The molecule has 0 bridgehead atoms. The fraction of sp³-hybridized carbons (Fsp3) is 0.286. The second kappa shape index (κ2) is 2.49. The standard InChI is InChI=1S/C7H9NO/c1-6(2)5-7-8-3-4-9-7/h3-5H,1-2H3. The van der Waals surface area contributed by atoms with Crippen LogP contribution in [-0.4, -0.2) is 4.98 Å². The molecule has 0 amide bonds. The fourth-order valence-electron chi connectivity index (χ4n) is 0.553. The number of aromatic nitrogens is 1. The summed E-state index contributed by atoms with van der Waals surface area (Å²) in [7, 11) is 0. The van der Waals surface area contributed by atoms with Crippen molar-refractivity contribution < 1.29 is 4.42 Å². The van der Waals surface area contributed by atoms with Crippen LogP contribution in [0.2, 0.25) is 0 Å². The largest absolute Gasteiger partial charge is 0.445 e. The van der Waals surface area contributed by atoms with Crippen LogP contribution in [0.5, 0.6) is 0 Å². The van der Waals surface area contributed by atoms with Gasteiger partial charge >= 0.3 is 0 Å². The van der Waals surface area contributed by atoms with E-state index in [-0.39, 0.29) is 0 Å². The van der Waals surface area contributed by atoms with Crippen LogP contribution < -0.4 is 0 Å². The van der Waals surface area contributed by atoms with Crippen molar-refractivity contribution in [2.24, 2.45) is 0 Å². The third-order valence-corrected chi connectivity index (χ3v) is 0.864. The summed E-state index contributed by atoms with van der Waals surface area (Å²) in [4.78, 5) is 3.91. The first-order valence-corrected chi connectivity index (χ1v) is 2.83. The molecule has 1 aromatic rings. The van der Waals surface area contributed by atoms with Crippen molar-refractivity contribution in [1.82, 2.24) is 4.98 Å². The van der Waals surface area contributed by atoms with Crippen LogP contribution in [0.3, 0.4) is 0 Å². The Morgan fingerprint density at radius 1 is 1.67 bits per heavy atom. The number of nitrogens with zero attached hydrogens (tertiary/aromatic N) is 1. The molecular weight excluding hydrogens is 114 g/mol. The van der Waals surface area contributed by atoms with Crippen LogP contribution in [0.4, 0.5) is 0 Å². The monoisotopic (exact) mass is 123 g/mol. The summed E-state index contributed by atoms with van der Waals surface area (Å²) >= 11 is 0. The van der Waals surface area contributed by atoms with Gasteiger partial charge in [0.15, 0.2) is 0 Å². The summed E-state index contributed by atoms with van der Waals surface area (Å²) in [5.74, 6) is 0.676. The molecule has 2 heteroatoms. The average Bonchev–Trinajstić information content (AvgIpc) is 2.15. The van der Waals surface area contributed by atoms with Crippen molar-refractivity contribution in [3.8, 4) is 0 Å². The molecule has 1 heterocycles.